The predicted octanol–water partition coefficient (Wildman–Crippen LogP) is 4.85. The van der Waals surface area contributed by atoms with E-state index in [4.69, 9.17) is 4.74 Å². The number of hydrogen-bond acceptors (Lipinski definition) is 6. The lowest BCUT2D eigenvalue weighted by molar-refractivity contribution is -0.147. The van der Waals surface area contributed by atoms with Crippen LogP contribution in [-0.2, 0) is 18.0 Å². The molecule has 13 heteroatoms. The number of halogens is 5. The third kappa shape index (κ3) is 4.34. The molecule has 1 aliphatic carbocycles. The van der Waals surface area contributed by atoms with Crippen molar-refractivity contribution < 1.29 is 26.7 Å². The van der Waals surface area contributed by atoms with Crippen LogP contribution in [0.15, 0.2) is 35.4 Å². The third-order valence-electron chi connectivity index (χ3n) is 6.95. The van der Waals surface area contributed by atoms with Crippen LogP contribution in [0.25, 0.3) is 22.3 Å². The first-order valence-electron chi connectivity index (χ1n) is 12.1. The molecule has 8 nitrogen and oxygen atoms in total. The lowest BCUT2D eigenvalue weighted by atomic mass is 9.92. The summed E-state index contributed by atoms with van der Waals surface area (Å²) in [5.74, 6) is -3.60. The number of rotatable bonds is 4. The second-order valence-electron chi connectivity index (χ2n) is 9.61. The van der Waals surface area contributed by atoms with Crippen molar-refractivity contribution in [3.8, 4) is 11.3 Å². The fraction of sp³-hybridized carbons (Fsp3) is 0.400. The lowest BCUT2D eigenvalue weighted by Crippen LogP contribution is -2.29. The number of nitrogens with zero attached hydrogens (tertiary/aromatic N) is 6. The summed E-state index contributed by atoms with van der Waals surface area (Å²) in [6.45, 7) is 0.342. The van der Waals surface area contributed by atoms with Crippen LogP contribution < -0.4 is 5.56 Å². The Bertz CT molecular complexity index is 1610. The first kappa shape index (κ1) is 24.6. The van der Waals surface area contributed by atoms with Gasteiger partial charge in [-0.15, -0.1) is 0 Å². The molecule has 0 N–H and O–H groups in total. The molecule has 38 heavy (non-hydrogen) atoms. The van der Waals surface area contributed by atoms with Gasteiger partial charge in [-0.25, -0.2) is 23.7 Å². The second kappa shape index (κ2) is 8.93. The van der Waals surface area contributed by atoms with Crippen molar-refractivity contribution in [3.63, 3.8) is 0 Å². The van der Waals surface area contributed by atoms with Gasteiger partial charge in [0.05, 0.1) is 18.3 Å². The summed E-state index contributed by atoms with van der Waals surface area (Å²) < 4.78 is 77.6. The Labute approximate surface area is 212 Å². The van der Waals surface area contributed by atoms with Gasteiger partial charge in [-0.1, -0.05) is 0 Å². The van der Waals surface area contributed by atoms with E-state index in [1.165, 1.54) is 0 Å². The van der Waals surface area contributed by atoms with Gasteiger partial charge in [-0.05, 0) is 37.8 Å². The van der Waals surface area contributed by atoms with E-state index < -0.39 is 34.7 Å². The Morgan fingerprint density at radius 1 is 1.05 bits per heavy atom. The maximum absolute atomic E-state index is 14.8. The highest BCUT2D eigenvalue weighted by molar-refractivity contribution is 5.88. The molecule has 0 spiro atoms. The average Bonchev–Trinajstić information content (AvgIpc) is 3.61. The molecule has 198 valence electrons. The standard InChI is InChI=1S/C25H21F5N6O2/c1-35-23(37)21-20(34-24(35)25(28,29)30)19(16-5-2-14(26)9-17(16)27)32-22(33-21)12-6-7-38-18(8-12)13-10-31-36(11-13)15-3-4-15/h2,5,9-12,15,18H,3-4,6-8H2,1H3/t12-,18+/m0/s1. The normalized spacial score (nSPS) is 20.3. The highest BCUT2D eigenvalue weighted by atomic mass is 19.4. The minimum Gasteiger partial charge on any atom is -0.373 e. The molecule has 6 rings (SSSR count). The van der Waals surface area contributed by atoms with Gasteiger partial charge in [0.25, 0.3) is 5.56 Å². The van der Waals surface area contributed by atoms with Crippen molar-refractivity contribution in [2.75, 3.05) is 6.61 Å². The van der Waals surface area contributed by atoms with E-state index in [1.54, 1.807) is 6.20 Å². The SMILES string of the molecule is Cn1c(C(F)(F)F)nc2c(-c3ccc(F)cc3F)nc([C@H]3CCO[C@@H](c4cnn(C5CC5)c4)C3)nc2c1=O. The van der Waals surface area contributed by atoms with E-state index in [2.05, 4.69) is 20.1 Å². The van der Waals surface area contributed by atoms with E-state index in [1.807, 2.05) is 10.9 Å². The van der Waals surface area contributed by atoms with Crippen molar-refractivity contribution in [2.24, 2.45) is 7.05 Å². The molecule has 2 atom stereocenters. The number of benzene rings is 1. The fourth-order valence-corrected chi connectivity index (χ4v) is 4.79. The van der Waals surface area contributed by atoms with Gasteiger partial charge in [0, 0.05) is 43.0 Å². The number of alkyl halides is 3. The van der Waals surface area contributed by atoms with Crippen molar-refractivity contribution in [1.29, 1.82) is 0 Å². The van der Waals surface area contributed by atoms with E-state index >= 15 is 0 Å². The van der Waals surface area contributed by atoms with Gasteiger partial charge < -0.3 is 4.74 Å². The lowest BCUT2D eigenvalue weighted by Gasteiger charge is -2.28. The molecular weight excluding hydrogens is 511 g/mol. The van der Waals surface area contributed by atoms with Crippen molar-refractivity contribution in [1.82, 2.24) is 29.3 Å². The quantitative estimate of drug-likeness (QED) is 0.349. The molecule has 1 aliphatic heterocycles. The largest absolute Gasteiger partial charge is 0.449 e. The van der Waals surface area contributed by atoms with Crippen molar-refractivity contribution >= 4 is 11.0 Å². The predicted molar refractivity (Wildman–Crippen MR) is 124 cm³/mol. The minimum absolute atomic E-state index is 0.151. The Morgan fingerprint density at radius 2 is 1.84 bits per heavy atom. The monoisotopic (exact) mass is 532 g/mol. The van der Waals surface area contributed by atoms with Gasteiger partial charge >= 0.3 is 6.18 Å². The van der Waals surface area contributed by atoms with Crippen LogP contribution in [-0.4, -0.2) is 35.9 Å². The van der Waals surface area contributed by atoms with E-state index in [0.29, 0.717) is 36.1 Å². The Hall–Kier alpha value is -3.74. The first-order chi connectivity index (χ1) is 18.1. The first-order valence-corrected chi connectivity index (χ1v) is 12.1. The second-order valence-corrected chi connectivity index (χ2v) is 9.61. The zero-order valence-electron chi connectivity index (χ0n) is 20.0. The average molecular weight is 532 g/mol. The number of aromatic nitrogens is 6. The molecule has 4 heterocycles. The van der Waals surface area contributed by atoms with Gasteiger partial charge in [0.2, 0.25) is 5.82 Å². The van der Waals surface area contributed by atoms with Gasteiger partial charge in [-0.3, -0.25) is 14.0 Å². The topological polar surface area (TPSA) is 87.7 Å². The molecule has 4 aromatic rings. The fourth-order valence-electron chi connectivity index (χ4n) is 4.79. The molecule has 3 aromatic heterocycles. The zero-order valence-corrected chi connectivity index (χ0v) is 20.0. The summed E-state index contributed by atoms with van der Waals surface area (Å²) in [7, 11) is 0.944. The van der Waals surface area contributed by atoms with E-state index in [9.17, 15) is 26.7 Å². The van der Waals surface area contributed by atoms with E-state index in [0.717, 1.165) is 37.6 Å². The minimum atomic E-state index is -4.96. The van der Waals surface area contributed by atoms with Crippen LogP contribution in [0, 0.1) is 11.6 Å². The van der Waals surface area contributed by atoms with Gasteiger partial charge in [0.15, 0.2) is 5.52 Å². The maximum Gasteiger partial charge on any atom is 0.449 e. The highest BCUT2D eigenvalue weighted by Crippen LogP contribution is 2.40. The molecule has 1 saturated heterocycles. The van der Waals surface area contributed by atoms with Crippen molar-refractivity contribution in [3.05, 3.63) is 69.8 Å². The van der Waals surface area contributed by atoms with Crippen LogP contribution in [0.3, 0.4) is 0 Å². The smallest absolute Gasteiger partial charge is 0.373 e. The summed E-state index contributed by atoms with van der Waals surface area (Å²) in [6, 6.07) is 3.00. The van der Waals surface area contributed by atoms with Crippen LogP contribution in [0.5, 0.6) is 0 Å². The van der Waals surface area contributed by atoms with Crippen molar-refractivity contribution in [2.45, 2.75) is 49.9 Å². The van der Waals surface area contributed by atoms with Crippen LogP contribution in [0.4, 0.5) is 22.0 Å². The summed E-state index contributed by atoms with van der Waals surface area (Å²) in [4.78, 5) is 25.5. The molecule has 0 bridgehead atoms. The summed E-state index contributed by atoms with van der Waals surface area (Å²) in [5, 5.41) is 4.40. The van der Waals surface area contributed by atoms with E-state index in [-0.39, 0.29) is 34.6 Å². The molecule has 0 amide bonds. The molecule has 2 fully saturated rings. The Balaban J connectivity index is 1.48. The summed E-state index contributed by atoms with van der Waals surface area (Å²) >= 11 is 0. The van der Waals surface area contributed by atoms with Crippen LogP contribution >= 0.6 is 0 Å². The number of hydrogen-bond donors (Lipinski definition) is 0. The van der Waals surface area contributed by atoms with Crippen LogP contribution in [0.2, 0.25) is 0 Å². The summed E-state index contributed by atoms with van der Waals surface area (Å²) in [5.41, 5.74) is -1.67. The third-order valence-corrected chi connectivity index (χ3v) is 6.95. The molecule has 0 radical (unpaired) electrons. The Morgan fingerprint density at radius 3 is 2.55 bits per heavy atom. The zero-order chi connectivity index (χ0) is 26.8. The Kier molecular flexibility index (Phi) is 5.78. The molecule has 0 unspecified atom stereocenters. The highest BCUT2D eigenvalue weighted by Gasteiger charge is 2.38. The molecule has 1 aromatic carbocycles. The molecule has 1 saturated carbocycles. The van der Waals surface area contributed by atoms with Gasteiger partial charge in [-0.2, -0.15) is 18.3 Å². The maximum atomic E-state index is 14.8. The van der Waals surface area contributed by atoms with Gasteiger partial charge in [0.1, 0.15) is 28.7 Å². The molecular formula is C25H21F5N6O2. The number of fused-ring (bicyclic) bond motifs is 1. The molecule has 2 aliphatic rings. The summed E-state index contributed by atoms with van der Waals surface area (Å²) in [6.07, 6.45) is 1.41. The van der Waals surface area contributed by atoms with Crippen LogP contribution in [0.1, 0.15) is 61.0 Å². The number of ether oxygens (including phenoxy) is 1.